The van der Waals surface area contributed by atoms with E-state index >= 15 is 0 Å². The van der Waals surface area contributed by atoms with Gasteiger partial charge in [-0.3, -0.25) is 9.48 Å². The Morgan fingerprint density at radius 3 is 2.86 bits per heavy atom. The third-order valence-corrected chi connectivity index (χ3v) is 3.38. The van der Waals surface area contributed by atoms with Crippen LogP contribution in [0, 0.1) is 6.92 Å². The lowest BCUT2D eigenvalue weighted by atomic mass is 10.2. The van der Waals surface area contributed by atoms with Gasteiger partial charge < -0.3 is 10.3 Å². The molecule has 0 spiro atoms. The number of hydrogen-bond acceptors (Lipinski definition) is 4. The van der Waals surface area contributed by atoms with E-state index in [0.717, 1.165) is 16.8 Å². The molecular weight excluding hydrogens is 266 g/mol. The molecule has 2 heterocycles. The summed E-state index contributed by atoms with van der Waals surface area (Å²) in [5.41, 5.74) is 2.76. The van der Waals surface area contributed by atoms with Gasteiger partial charge in [0.25, 0.3) is 5.56 Å². The van der Waals surface area contributed by atoms with Gasteiger partial charge in [-0.2, -0.15) is 5.10 Å². The summed E-state index contributed by atoms with van der Waals surface area (Å²) >= 11 is 0. The molecule has 0 aliphatic carbocycles. The molecule has 0 fully saturated rings. The lowest BCUT2D eigenvalue weighted by molar-refractivity contribution is 0.661. The molecule has 0 amide bonds. The summed E-state index contributed by atoms with van der Waals surface area (Å²) < 4.78 is 1.79. The Labute approximate surface area is 121 Å². The fourth-order valence-electron chi connectivity index (χ4n) is 2.36. The van der Waals surface area contributed by atoms with Gasteiger partial charge in [0.05, 0.1) is 23.1 Å². The van der Waals surface area contributed by atoms with Crippen molar-refractivity contribution in [3.05, 3.63) is 57.9 Å². The summed E-state index contributed by atoms with van der Waals surface area (Å²) in [6.45, 7) is 3.18. The number of H-pyrrole nitrogens is 1. The van der Waals surface area contributed by atoms with E-state index in [1.807, 2.05) is 38.4 Å². The number of aryl methyl sites for hydroxylation is 2. The molecule has 108 valence electrons. The topological polar surface area (TPSA) is 75.6 Å². The van der Waals surface area contributed by atoms with E-state index in [9.17, 15) is 4.79 Å². The Morgan fingerprint density at radius 2 is 2.10 bits per heavy atom. The maximum Gasteiger partial charge on any atom is 0.258 e. The summed E-state index contributed by atoms with van der Waals surface area (Å²) in [4.78, 5) is 19.2. The van der Waals surface area contributed by atoms with Gasteiger partial charge >= 0.3 is 0 Å². The summed E-state index contributed by atoms with van der Waals surface area (Å²) in [5, 5.41) is 8.19. The molecule has 0 aliphatic rings. The van der Waals surface area contributed by atoms with Crippen LogP contribution in [0.3, 0.4) is 0 Å². The Hall–Kier alpha value is -2.47. The normalized spacial score (nSPS) is 11.1. The van der Waals surface area contributed by atoms with Gasteiger partial charge in [-0.15, -0.1) is 0 Å². The van der Waals surface area contributed by atoms with E-state index in [1.165, 1.54) is 0 Å². The molecule has 3 rings (SSSR count). The monoisotopic (exact) mass is 283 g/mol. The fourth-order valence-corrected chi connectivity index (χ4v) is 2.36. The molecule has 0 saturated heterocycles. The molecule has 0 aliphatic heterocycles. The highest BCUT2D eigenvalue weighted by Crippen LogP contribution is 2.06. The van der Waals surface area contributed by atoms with Crippen molar-refractivity contribution in [3.8, 4) is 0 Å². The molecule has 0 saturated carbocycles. The number of hydrogen-bond donors (Lipinski definition) is 2. The Bertz CT molecular complexity index is 833. The van der Waals surface area contributed by atoms with Crippen LogP contribution in [0.25, 0.3) is 10.9 Å². The van der Waals surface area contributed by atoms with Crippen LogP contribution in [0.1, 0.15) is 17.1 Å². The zero-order valence-corrected chi connectivity index (χ0v) is 12.1. The van der Waals surface area contributed by atoms with E-state index in [2.05, 4.69) is 20.4 Å². The van der Waals surface area contributed by atoms with Crippen LogP contribution in [0.2, 0.25) is 0 Å². The minimum atomic E-state index is -0.102. The molecule has 6 nitrogen and oxygen atoms in total. The van der Waals surface area contributed by atoms with Crippen LogP contribution in [0.4, 0.5) is 0 Å². The van der Waals surface area contributed by atoms with E-state index < -0.39 is 0 Å². The summed E-state index contributed by atoms with van der Waals surface area (Å²) in [6.07, 6.45) is 1.99. The molecule has 0 radical (unpaired) electrons. The van der Waals surface area contributed by atoms with Crippen LogP contribution in [0.5, 0.6) is 0 Å². The SMILES string of the molecule is Cc1nn(C)cc1CNCc1nc2ccccc2c(=O)[nH]1. The number of rotatable bonds is 4. The van der Waals surface area contributed by atoms with E-state index in [-0.39, 0.29) is 5.56 Å². The van der Waals surface area contributed by atoms with Crippen molar-refractivity contribution in [2.45, 2.75) is 20.0 Å². The van der Waals surface area contributed by atoms with Crippen LogP contribution in [-0.4, -0.2) is 19.7 Å². The van der Waals surface area contributed by atoms with Crippen molar-refractivity contribution >= 4 is 10.9 Å². The summed E-state index contributed by atoms with van der Waals surface area (Å²) in [5.74, 6) is 0.639. The van der Waals surface area contributed by atoms with Gasteiger partial charge in [-0.1, -0.05) is 12.1 Å². The summed E-state index contributed by atoms with van der Waals surface area (Å²) in [7, 11) is 1.90. The van der Waals surface area contributed by atoms with Crippen molar-refractivity contribution in [1.29, 1.82) is 0 Å². The van der Waals surface area contributed by atoms with E-state index in [1.54, 1.807) is 10.7 Å². The van der Waals surface area contributed by atoms with E-state index in [4.69, 9.17) is 0 Å². The second kappa shape index (κ2) is 5.49. The van der Waals surface area contributed by atoms with Crippen LogP contribution in [0.15, 0.2) is 35.3 Å². The first-order valence-corrected chi connectivity index (χ1v) is 6.81. The number of fused-ring (bicyclic) bond motifs is 1. The van der Waals surface area contributed by atoms with Crippen LogP contribution in [-0.2, 0) is 20.1 Å². The second-order valence-corrected chi connectivity index (χ2v) is 5.05. The zero-order valence-electron chi connectivity index (χ0n) is 12.1. The zero-order chi connectivity index (χ0) is 14.8. The lowest BCUT2D eigenvalue weighted by Crippen LogP contribution is -2.19. The Morgan fingerprint density at radius 1 is 1.29 bits per heavy atom. The van der Waals surface area contributed by atoms with Gasteiger partial charge in [-0.25, -0.2) is 4.98 Å². The first kappa shape index (κ1) is 13.5. The Kier molecular flexibility index (Phi) is 3.53. The van der Waals surface area contributed by atoms with Gasteiger partial charge in [-0.05, 0) is 19.1 Å². The highest BCUT2D eigenvalue weighted by molar-refractivity contribution is 5.77. The standard InChI is InChI=1S/C15H17N5O/c1-10-11(9-20(2)19-10)7-16-8-14-17-13-6-4-3-5-12(13)15(21)18-14/h3-6,9,16H,7-8H2,1-2H3,(H,17,18,21). The van der Waals surface area contributed by atoms with E-state index in [0.29, 0.717) is 24.3 Å². The van der Waals surface area contributed by atoms with Gasteiger partial charge in [0.1, 0.15) is 5.82 Å². The maximum absolute atomic E-state index is 12.0. The molecule has 2 N–H and O–H groups in total. The number of nitrogens with one attached hydrogen (secondary N) is 2. The molecule has 1 aromatic carbocycles. The minimum absolute atomic E-state index is 0.102. The highest BCUT2D eigenvalue weighted by atomic mass is 16.1. The van der Waals surface area contributed by atoms with Crippen molar-refractivity contribution in [2.75, 3.05) is 0 Å². The highest BCUT2D eigenvalue weighted by Gasteiger charge is 2.05. The first-order valence-electron chi connectivity index (χ1n) is 6.81. The average molecular weight is 283 g/mol. The Balaban J connectivity index is 1.74. The second-order valence-electron chi connectivity index (χ2n) is 5.05. The van der Waals surface area contributed by atoms with Gasteiger partial charge in [0.2, 0.25) is 0 Å². The molecule has 0 atom stereocenters. The molecule has 3 aromatic rings. The average Bonchev–Trinajstić information content (AvgIpc) is 2.77. The van der Waals surface area contributed by atoms with Crippen LogP contribution < -0.4 is 10.9 Å². The number of aromatic amines is 1. The first-order chi connectivity index (χ1) is 10.1. The molecular formula is C15H17N5O. The van der Waals surface area contributed by atoms with Crippen molar-refractivity contribution in [3.63, 3.8) is 0 Å². The van der Waals surface area contributed by atoms with Crippen LogP contribution >= 0.6 is 0 Å². The van der Waals surface area contributed by atoms with Crippen molar-refractivity contribution in [1.82, 2.24) is 25.1 Å². The molecule has 0 bridgehead atoms. The summed E-state index contributed by atoms with van der Waals surface area (Å²) in [6, 6.07) is 7.34. The number of nitrogens with zero attached hydrogens (tertiary/aromatic N) is 3. The van der Waals surface area contributed by atoms with Crippen molar-refractivity contribution in [2.24, 2.45) is 7.05 Å². The maximum atomic E-state index is 12.0. The van der Waals surface area contributed by atoms with Gasteiger partial charge in [0, 0.05) is 25.4 Å². The molecule has 2 aromatic heterocycles. The smallest absolute Gasteiger partial charge is 0.258 e. The molecule has 0 unspecified atom stereocenters. The number of para-hydroxylation sites is 1. The van der Waals surface area contributed by atoms with Crippen molar-refractivity contribution < 1.29 is 0 Å². The molecule has 6 heteroatoms. The lowest BCUT2D eigenvalue weighted by Gasteiger charge is -2.05. The fraction of sp³-hybridized carbons (Fsp3) is 0.267. The third-order valence-electron chi connectivity index (χ3n) is 3.38. The number of aromatic nitrogens is 4. The van der Waals surface area contributed by atoms with Gasteiger partial charge in [0.15, 0.2) is 0 Å². The predicted octanol–water partition coefficient (Wildman–Crippen LogP) is 1.25. The number of benzene rings is 1. The quantitative estimate of drug-likeness (QED) is 0.755. The third kappa shape index (κ3) is 2.85. The molecule has 21 heavy (non-hydrogen) atoms. The largest absolute Gasteiger partial charge is 0.309 e. The predicted molar refractivity (Wildman–Crippen MR) is 80.9 cm³/mol. The minimum Gasteiger partial charge on any atom is -0.309 e.